The van der Waals surface area contributed by atoms with E-state index in [0.717, 1.165) is 18.6 Å². The normalized spacial score (nSPS) is 11.0. The molecule has 0 aliphatic carbocycles. The van der Waals surface area contributed by atoms with E-state index in [-0.39, 0.29) is 11.5 Å². The van der Waals surface area contributed by atoms with Gasteiger partial charge in [0.15, 0.2) is 0 Å². The van der Waals surface area contributed by atoms with E-state index < -0.39 is 0 Å². The van der Waals surface area contributed by atoms with Crippen LogP contribution >= 0.6 is 0 Å². The molecule has 1 amide bonds. The number of amides is 1. The maximum Gasteiger partial charge on any atom is 0.260 e. The molecule has 0 spiro atoms. The van der Waals surface area contributed by atoms with E-state index in [4.69, 9.17) is 9.15 Å². The van der Waals surface area contributed by atoms with E-state index in [2.05, 4.69) is 10.3 Å². The van der Waals surface area contributed by atoms with Crippen LogP contribution < -0.4 is 10.9 Å². The molecule has 0 unspecified atom stereocenters. The van der Waals surface area contributed by atoms with Crippen LogP contribution in [0, 0.1) is 6.92 Å². The first-order valence-corrected chi connectivity index (χ1v) is 8.90. The summed E-state index contributed by atoms with van der Waals surface area (Å²) in [6.07, 6.45) is 4.86. The largest absolute Gasteiger partial charge is 0.469 e. The van der Waals surface area contributed by atoms with Crippen LogP contribution in [0.5, 0.6) is 0 Å². The number of methoxy groups -OCH3 is 1. The van der Waals surface area contributed by atoms with Gasteiger partial charge >= 0.3 is 0 Å². The molecule has 7 nitrogen and oxygen atoms in total. The molecule has 0 bridgehead atoms. The van der Waals surface area contributed by atoms with Gasteiger partial charge in [-0.05, 0) is 37.6 Å². The van der Waals surface area contributed by atoms with Gasteiger partial charge < -0.3 is 19.0 Å². The van der Waals surface area contributed by atoms with Crippen LogP contribution in [0.1, 0.15) is 28.2 Å². The molecule has 3 aromatic rings. The molecule has 0 radical (unpaired) electrons. The second-order valence-corrected chi connectivity index (χ2v) is 6.30. The van der Waals surface area contributed by atoms with E-state index in [1.807, 2.05) is 12.1 Å². The highest BCUT2D eigenvalue weighted by atomic mass is 16.5. The smallest absolute Gasteiger partial charge is 0.260 e. The predicted molar refractivity (Wildman–Crippen MR) is 102 cm³/mol. The van der Waals surface area contributed by atoms with Gasteiger partial charge in [-0.25, -0.2) is 0 Å². The molecule has 0 fully saturated rings. The second kappa shape index (κ2) is 8.64. The van der Waals surface area contributed by atoms with Crippen molar-refractivity contribution in [1.82, 2.24) is 14.9 Å². The number of hydrogen-bond acceptors (Lipinski definition) is 5. The lowest BCUT2D eigenvalue weighted by Crippen LogP contribution is -2.27. The SMILES string of the molecule is COCCn1ccc2nc(C)c(C(=O)NCCCc3ccco3)cc2c1=O. The lowest BCUT2D eigenvalue weighted by Gasteiger charge is -2.10. The van der Waals surface area contributed by atoms with Crippen LogP contribution in [0.25, 0.3) is 10.9 Å². The minimum atomic E-state index is -0.229. The Morgan fingerprint density at radius 3 is 2.96 bits per heavy atom. The first-order chi connectivity index (χ1) is 13.1. The van der Waals surface area contributed by atoms with Gasteiger partial charge in [0.25, 0.3) is 11.5 Å². The number of furan rings is 1. The van der Waals surface area contributed by atoms with Gasteiger partial charge in [-0.15, -0.1) is 0 Å². The van der Waals surface area contributed by atoms with Crippen molar-refractivity contribution < 1.29 is 13.9 Å². The lowest BCUT2D eigenvalue weighted by atomic mass is 10.1. The highest BCUT2D eigenvalue weighted by Gasteiger charge is 2.14. The first-order valence-electron chi connectivity index (χ1n) is 8.90. The van der Waals surface area contributed by atoms with Gasteiger partial charge in [-0.3, -0.25) is 14.6 Å². The zero-order valence-electron chi connectivity index (χ0n) is 15.5. The highest BCUT2D eigenvalue weighted by Crippen LogP contribution is 2.13. The van der Waals surface area contributed by atoms with Crippen molar-refractivity contribution in [1.29, 1.82) is 0 Å². The third kappa shape index (κ3) is 4.43. The van der Waals surface area contributed by atoms with Crippen LogP contribution in [0.2, 0.25) is 0 Å². The molecule has 27 heavy (non-hydrogen) atoms. The Kier molecular flexibility index (Phi) is 6.03. The number of aromatic nitrogens is 2. The zero-order valence-corrected chi connectivity index (χ0v) is 15.5. The fraction of sp³-hybridized carbons (Fsp3) is 0.350. The number of carbonyl (C=O) groups excluding carboxylic acids is 1. The Bertz CT molecular complexity index is 977. The number of nitrogens with one attached hydrogen (secondary N) is 1. The third-order valence-corrected chi connectivity index (χ3v) is 4.39. The molecule has 0 atom stereocenters. The molecule has 7 heteroatoms. The summed E-state index contributed by atoms with van der Waals surface area (Å²) in [5.41, 5.74) is 1.42. The molecule has 3 rings (SSSR count). The van der Waals surface area contributed by atoms with Gasteiger partial charge in [0.1, 0.15) is 5.76 Å². The number of rotatable bonds is 8. The average molecular weight is 369 g/mol. The topological polar surface area (TPSA) is 86.4 Å². The average Bonchev–Trinajstić information content (AvgIpc) is 3.18. The summed E-state index contributed by atoms with van der Waals surface area (Å²) < 4.78 is 11.9. The number of carbonyl (C=O) groups is 1. The van der Waals surface area contributed by atoms with Crippen molar-refractivity contribution in [3.05, 3.63) is 64.1 Å². The summed E-state index contributed by atoms with van der Waals surface area (Å²) in [6.45, 7) is 3.18. The quantitative estimate of drug-likeness (QED) is 0.616. The molecular weight excluding hydrogens is 346 g/mol. The van der Waals surface area contributed by atoms with Crippen molar-refractivity contribution in [2.45, 2.75) is 26.3 Å². The van der Waals surface area contributed by atoms with Crippen LogP contribution in [-0.4, -0.2) is 35.7 Å². The standard InChI is InChI=1S/C20H23N3O4/c1-14-16(19(24)21-8-3-5-15-6-4-11-27-15)13-17-18(22-14)7-9-23(20(17)25)10-12-26-2/h4,6-7,9,11,13H,3,5,8,10,12H2,1-2H3,(H,21,24). The van der Waals surface area contributed by atoms with Gasteiger partial charge in [0, 0.05) is 32.8 Å². The molecule has 1 N–H and O–H groups in total. The summed E-state index contributed by atoms with van der Waals surface area (Å²) in [6, 6.07) is 7.17. The number of fused-ring (bicyclic) bond motifs is 1. The van der Waals surface area contributed by atoms with Crippen LogP contribution in [0.3, 0.4) is 0 Å². The van der Waals surface area contributed by atoms with Crippen molar-refractivity contribution in [2.75, 3.05) is 20.3 Å². The van der Waals surface area contributed by atoms with Crippen LogP contribution in [-0.2, 0) is 17.7 Å². The first kappa shape index (κ1) is 18.8. The molecular formula is C20H23N3O4. The van der Waals surface area contributed by atoms with Crippen LogP contribution in [0.4, 0.5) is 0 Å². The Morgan fingerprint density at radius 1 is 1.37 bits per heavy atom. The second-order valence-electron chi connectivity index (χ2n) is 6.30. The van der Waals surface area contributed by atoms with Crippen molar-refractivity contribution in [2.24, 2.45) is 0 Å². The minimum Gasteiger partial charge on any atom is -0.469 e. The Balaban J connectivity index is 1.74. The molecule has 0 saturated carbocycles. The Hall–Kier alpha value is -2.93. The fourth-order valence-electron chi connectivity index (χ4n) is 2.92. The third-order valence-electron chi connectivity index (χ3n) is 4.39. The maximum atomic E-state index is 12.6. The molecule has 0 aliphatic rings. The summed E-state index contributed by atoms with van der Waals surface area (Å²) in [5, 5.41) is 3.32. The van der Waals surface area contributed by atoms with Crippen molar-refractivity contribution in [3.63, 3.8) is 0 Å². The van der Waals surface area contributed by atoms with Crippen molar-refractivity contribution >= 4 is 16.8 Å². The Labute approximate surface area is 157 Å². The molecule has 0 aromatic carbocycles. The minimum absolute atomic E-state index is 0.177. The summed E-state index contributed by atoms with van der Waals surface area (Å²) >= 11 is 0. The summed E-state index contributed by atoms with van der Waals surface area (Å²) in [5.74, 6) is 0.664. The van der Waals surface area contributed by atoms with Crippen molar-refractivity contribution in [3.8, 4) is 0 Å². The molecule has 3 aromatic heterocycles. The monoisotopic (exact) mass is 369 g/mol. The molecule has 3 heterocycles. The predicted octanol–water partition coefficient (Wildman–Crippen LogP) is 2.31. The molecule has 142 valence electrons. The number of aryl methyl sites for hydroxylation is 2. The maximum absolute atomic E-state index is 12.6. The van der Waals surface area contributed by atoms with E-state index in [1.54, 1.807) is 43.2 Å². The van der Waals surface area contributed by atoms with Crippen LogP contribution in [0.15, 0.2) is 45.9 Å². The summed E-state index contributed by atoms with van der Waals surface area (Å²) in [7, 11) is 1.59. The van der Waals surface area contributed by atoms with Gasteiger partial charge in [0.2, 0.25) is 0 Å². The van der Waals surface area contributed by atoms with Gasteiger partial charge in [0.05, 0.1) is 35.0 Å². The zero-order chi connectivity index (χ0) is 19.2. The van der Waals surface area contributed by atoms with Gasteiger partial charge in [-0.2, -0.15) is 0 Å². The lowest BCUT2D eigenvalue weighted by molar-refractivity contribution is 0.0952. The Morgan fingerprint density at radius 2 is 2.22 bits per heavy atom. The number of ether oxygens (including phenoxy) is 1. The molecule has 0 aliphatic heterocycles. The highest BCUT2D eigenvalue weighted by molar-refractivity contribution is 5.98. The van der Waals surface area contributed by atoms with E-state index in [0.29, 0.717) is 41.9 Å². The van der Waals surface area contributed by atoms with E-state index in [9.17, 15) is 9.59 Å². The van der Waals surface area contributed by atoms with E-state index >= 15 is 0 Å². The molecule has 0 saturated heterocycles. The number of hydrogen-bond donors (Lipinski definition) is 1. The number of nitrogens with zero attached hydrogens (tertiary/aromatic N) is 2. The summed E-state index contributed by atoms with van der Waals surface area (Å²) in [4.78, 5) is 29.6. The van der Waals surface area contributed by atoms with Gasteiger partial charge in [-0.1, -0.05) is 0 Å². The van der Waals surface area contributed by atoms with E-state index in [1.165, 1.54) is 0 Å². The number of pyridine rings is 2. The fourth-order valence-corrected chi connectivity index (χ4v) is 2.92.